The molecule has 0 saturated heterocycles. The summed E-state index contributed by atoms with van der Waals surface area (Å²) in [4.78, 5) is 35.2. The number of hydrogen-bond acceptors (Lipinski definition) is 7. The summed E-state index contributed by atoms with van der Waals surface area (Å²) >= 11 is 12.5. The van der Waals surface area contributed by atoms with Gasteiger partial charge in [-0.2, -0.15) is 4.91 Å². The van der Waals surface area contributed by atoms with Gasteiger partial charge in [0.2, 0.25) is 10.0 Å². The van der Waals surface area contributed by atoms with Crippen LogP contribution in [-0.2, 0) is 36.0 Å². The first-order valence-corrected chi connectivity index (χ1v) is 13.8. The molecule has 0 aliphatic rings. The van der Waals surface area contributed by atoms with Crippen LogP contribution in [0.1, 0.15) is 34.1 Å². The minimum atomic E-state index is -3.96. The molecule has 0 bridgehead atoms. The van der Waals surface area contributed by atoms with Crippen LogP contribution in [0.15, 0.2) is 64.6 Å². The number of nitroso groups, excluding NO2 is 1. The maximum Gasteiger partial charge on any atom is 0.269 e. The average molecular weight is 566 g/mol. The van der Waals surface area contributed by atoms with Crippen LogP contribution in [0.25, 0.3) is 0 Å². The minimum absolute atomic E-state index is 0.0141. The van der Waals surface area contributed by atoms with Gasteiger partial charge in [-0.05, 0) is 54.3 Å². The van der Waals surface area contributed by atoms with Crippen LogP contribution in [0.4, 0.5) is 0 Å². The van der Waals surface area contributed by atoms with Crippen molar-refractivity contribution >= 4 is 39.1 Å². The van der Waals surface area contributed by atoms with Gasteiger partial charge >= 0.3 is 0 Å². The number of carbonyl (C=O) groups excluding carboxylic acids is 1. The van der Waals surface area contributed by atoms with E-state index in [4.69, 9.17) is 27.9 Å². The van der Waals surface area contributed by atoms with Gasteiger partial charge in [-0.1, -0.05) is 59.6 Å². The topological polar surface area (TPSA) is 124 Å². The molecule has 0 aliphatic heterocycles. The van der Waals surface area contributed by atoms with Crippen LogP contribution in [0.5, 0.6) is 5.75 Å². The van der Waals surface area contributed by atoms with Gasteiger partial charge in [-0.15, -0.1) is 0 Å². The summed E-state index contributed by atoms with van der Waals surface area (Å²) < 4.78 is 32.9. The van der Waals surface area contributed by atoms with Crippen LogP contribution in [0.3, 0.4) is 0 Å². The van der Waals surface area contributed by atoms with Crippen LogP contribution in [0, 0.1) is 4.91 Å². The van der Waals surface area contributed by atoms with Crippen LogP contribution < -0.4 is 15.0 Å². The van der Waals surface area contributed by atoms with Gasteiger partial charge in [0, 0.05) is 12.1 Å². The zero-order valence-corrected chi connectivity index (χ0v) is 22.3. The molecule has 1 amide bonds. The first kappa shape index (κ1) is 28.4. The minimum Gasteiger partial charge on any atom is -0.487 e. The number of aryl methyl sites for hydroxylation is 2. The second kappa shape index (κ2) is 12.8. The van der Waals surface area contributed by atoms with E-state index in [-0.39, 0.29) is 23.7 Å². The van der Waals surface area contributed by atoms with Crippen molar-refractivity contribution in [2.24, 2.45) is 5.18 Å². The number of nitrogens with zero attached hydrogens (tertiary/aromatic N) is 2. The molecule has 9 nitrogen and oxygen atoms in total. The van der Waals surface area contributed by atoms with Gasteiger partial charge in [-0.25, -0.2) is 13.1 Å². The lowest BCUT2D eigenvalue weighted by Gasteiger charge is -2.16. The van der Waals surface area contributed by atoms with Gasteiger partial charge < -0.3 is 9.30 Å². The zero-order valence-electron chi connectivity index (χ0n) is 19.9. The highest BCUT2D eigenvalue weighted by Crippen LogP contribution is 2.22. The highest BCUT2D eigenvalue weighted by Gasteiger charge is 2.17. The number of ether oxygens (including phenoxy) is 1. The Bertz CT molecular complexity index is 1440. The molecule has 196 valence electrons. The molecule has 0 fully saturated rings. The van der Waals surface area contributed by atoms with Gasteiger partial charge in [0.1, 0.15) is 17.4 Å². The molecule has 1 N–H and O–H groups in total. The van der Waals surface area contributed by atoms with Gasteiger partial charge in [0.15, 0.2) is 0 Å². The third-order valence-electron chi connectivity index (χ3n) is 5.53. The van der Waals surface area contributed by atoms with Crippen molar-refractivity contribution in [3.8, 4) is 5.75 Å². The summed E-state index contributed by atoms with van der Waals surface area (Å²) in [7, 11) is -3.96. The van der Waals surface area contributed by atoms with Crippen LogP contribution in [-0.4, -0.2) is 31.2 Å². The molecule has 1 aromatic heterocycles. The Labute approximate surface area is 224 Å². The van der Waals surface area contributed by atoms with E-state index < -0.39 is 33.8 Å². The van der Waals surface area contributed by atoms with E-state index in [0.29, 0.717) is 22.9 Å². The Morgan fingerprint density at radius 3 is 2.46 bits per heavy atom. The number of amides is 1. The van der Waals surface area contributed by atoms with E-state index >= 15 is 0 Å². The van der Waals surface area contributed by atoms with E-state index in [1.54, 1.807) is 12.1 Å². The van der Waals surface area contributed by atoms with E-state index in [0.717, 1.165) is 17.5 Å². The number of aromatic nitrogens is 1. The molecule has 0 unspecified atom stereocenters. The summed E-state index contributed by atoms with van der Waals surface area (Å²) in [6, 6.07) is 15.3. The van der Waals surface area contributed by atoms with Crippen molar-refractivity contribution < 1.29 is 17.9 Å². The van der Waals surface area contributed by atoms with Gasteiger partial charge in [-0.3, -0.25) is 9.59 Å². The van der Waals surface area contributed by atoms with Gasteiger partial charge in [0.25, 0.3) is 11.5 Å². The Balaban J connectivity index is 1.72. The number of pyridine rings is 1. The number of sulfonamides is 1. The first-order valence-electron chi connectivity index (χ1n) is 11.4. The fourth-order valence-electron chi connectivity index (χ4n) is 3.50. The van der Waals surface area contributed by atoms with Crippen molar-refractivity contribution in [3.05, 3.63) is 102 Å². The first-order chi connectivity index (χ1) is 17.6. The largest absolute Gasteiger partial charge is 0.487 e. The van der Waals surface area contributed by atoms with E-state index in [1.165, 1.54) is 22.8 Å². The van der Waals surface area contributed by atoms with Crippen molar-refractivity contribution in [2.75, 3.05) is 12.3 Å². The Morgan fingerprint density at radius 2 is 1.78 bits per heavy atom. The molecular weight excluding hydrogens is 541 g/mol. The molecule has 1 heterocycles. The zero-order chi connectivity index (χ0) is 27.0. The third kappa shape index (κ3) is 7.88. The highest BCUT2D eigenvalue weighted by atomic mass is 35.5. The Hall–Kier alpha value is -3.21. The van der Waals surface area contributed by atoms with Crippen molar-refractivity contribution in [1.29, 1.82) is 0 Å². The summed E-state index contributed by atoms with van der Waals surface area (Å²) in [6.07, 6.45) is 1.26. The number of rotatable bonds is 12. The van der Waals surface area contributed by atoms with Gasteiger partial charge in [0.05, 0.1) is 23.0 Å². The summed E-state index contributed by atoms with van der Waals surface area (Å²) in [5, 5.41) is 2.77. The molecule has 3 rings (SSSR count). The normalized spacial score (nSPS) is 11.2. The molecule has 0 atom stereocenters. The lowest BCUT2D eigenvalue weighted by Crippen LogP contribution is -2.33. The predicted octanol–water partition coefficient (Wildman–Crippen LogP) is 4.37. The molecule has 0 radical (unpaired) electrons. The lowest BCUT2D eigenvalue weighted by molar-refractivity contribution is 0.0981. The summed E-state index contributed by atoms with van der Waals surface area (Å²) in [5.41, 5.74) is 2.10. The van der Waals surface area contributed by atoms with E-state index in [2.05, 4.69) is 5.18 Å². The second-order valence-corrected chi connectivity index (χ2v) is 10.7. The third-order valence-corrected chi connectivity index (χ3v) is 7.34. The maximum absolute atomic E-state index is 12.8. The quantitative estimate of drug-likeness (QED) is 0.325. The second-order valence-electron chi connectivity index (χ2n) is 8.08. The SMILES string of the molecule is CCc1cccc(OCc2c(Cl)cc(Cl)c(=O)n2CCc2ccc(C(=O)NS(=O)(=O)CCN=O)cc2)c1. The standard InChI is InChI=1S/C25H25Cl2N3O6S/c1-2-17-4-3-5-20(14-17)36-16-23-21(26)15-22(27)25(32)30(23)12-10-18-6-8-19(9-7-18)24(31)29-37(34,35)13-11-28-33/h3-9,14-15H,2,10-13,16H2,1H3,(H,29,31). The Morgan fingerprint density at radius 1 is 1.05 bits per heavy atom. The molecule has 37 heavy (non-hydrogen) atoms. The fraction of sp³-hybridized carbons (Fsp3) is 0.280. The number of benzene rings is 2. The average Bonchev–Trinajstić information content (AvgIpc) is 2.88. The lowest BCUT2D eigenvalue weighted by atomic mass is 10.1. The smallest absolute Gasteiger partial charge is 0.269 e. The van der Waals surface area contributed by atoms with E-state index in [1.807, 2.05) is 35.9 Å². The molecular formula is C25H25Cl2N3O6S. The molecule has 12 heteroatoms. The molecule has 0 saturated carbocycles. The highest BCUT2D eigenvalue weighted by molar-refractivity contribution is 7.90. The Kier molecular flexibility index (Phi) is 9.85. The van der Waals surface area contributed by atoms with E-state index in [9.17, 15) is 22.9 Å². The summed E-state index contributed by atoms with van der Waals surface area (Å²) in [6.45, 7) is 1.89. The number of halogens is 2. The van der Waals surface area contributed by atoms with Crippen molar-refractivity contribution in [2.45, 2.75) is 32.9 Å². The molecule has 2 aromatic carbocycles. The molecule has 0 aliphatic carbocycles. The molecule has 3 aromatic rings. The number of carbonyl (C=O) groups is 1. The monoisotopic (exact) mass is 565 g/mol. The fourth-order valence-corrected chi connectivity index (χ4v) is 4.85. The van der Waals surface area contributed by atoms with Crippen LogP contribution in [0.2, 0.25) is 10.0 Å². The van der Waals surface area contributed by atoms with Crippen LogP contribution >= 0.6 is 23.2 Å². The maximum atomic E-state index is 12.8. The van der Waals surface area contributed by atoms with Crippen molar-refractivity contribution in [1.82, 2.24) is 9.29 Å². The van der Waals surface area contributed by atoms with Crippen molar-refractivity contribution in [3.63, 3.8) is 0 Å². The molecule has 0 spiro atoms. The predicted molar refractivity (Wildman–Crippen MR) is 143 cm³/mol. The number of hydrogen-bond donors (Lipinski definition) is 1. The number of nitrogens with one attached hydrogen (secondary N) is 1. The summed E-state index contributed by atoms with van der Waals surface area (Å²) in [5.74, 6) is -0.739.